The minimum absolute atomic E-state index is 0.0531. The van der Waals surface area contributed by atoms with E-state index in [1.165, 1.54) is 0 Å². The molecule has 1 amide bonds. The highest BCUT2D eigenvalue weighted by Crippen LogP contribution is 2.27. The van der Waals surface area contributed by atoms with Gasteiger partial charge in [0.25, 0.3) is 0 Å². The minimum atomic E-state index is -0.253. The topological polar surface area (TPSA) is 51.2 Å². The molecule has 1 atom stereocenters. The number of nitrogens with zero attached hydrogens (tertiary/aromatic N) is 1. The number of carbonyl (C=O) groups is 1. The average molecular weight is 471 g/mol. The van der Waals surface area contributed by atoms with Gasteiger partial charge in [-0.25, -0.2) is 0 Å². The maximum atomic E-state index is 13.0. The third kappa shape index (κ3) is 6.24. The molecule has 0 bridgehead atoms. The van der Waals surface area contributed by atoms with Crippen molar-refractivity contribution in [2.75, 3.05) is 0 Å². The van der Waals surface area contributed by atoms with E-state index in [0.29, 0.717) is 11.6 Å². The molecular weight excluding hydrogens is 444 g/mol. The molecule has 0 saturated carbocycles. The first-order valence-electron chi connectivity index (χ1n) is 11.2. The second kappa shape index (κ2) is 11.0. The summed E-state index contributed by atoms with van der Waals surface area (Å²) in [4.78, 5) is 17.3. The highest BCUT2D eigenvalue weighted by Gasteiger charge is 2.19. The zero-order valence-electron chi connectivity index (χ0n) is 19.3. The summed E-state index contributed by atoms with van der Waals surface area (Å²) in [5.74, 6) is 0.700. The van der Waals surface area contributed by atoms with Crippen molar-refractivity contribution in [2.24, 2.45) is 0 Å². The lowest BCUT2D eigenvalue weighted by Gasteiger charge is -2.22. The van der Waals surface area contributed by atoms with Crippen molar-refractivity contribution in [1.29, 1.82) is 0 Å². The van der Waals surface area contributed by atoms with Gasteiger partial charge in [-0.2, -0.15) is 0 Å². The zero-order valence-corrected chi connectivity index (χ0v) is 20.0. The molecule has 1 aromatic heterocycles. The number of hydrogen-bond acceptors (Lipinski definition) is 3. The Morgan fingerprint density at radius 1 is 0.941 bits per heavy atom. The van der Waals surface area contributed by atoms with Crippen molar-refractivity contribution in [3.05, 3.63) is 130 Å². The van der Waals surface area contributed by atoms with E-state index in [1.54, 1.807) is 0 Å². The van der Waals surface area contributed by atoms with Gasteiger partial charge in [-0.3, -0.25) is 9.78 Å². The van der Waals surface area contributed by atoms with Gasteiger partial charge < -0.3 is 10.1 Å². The Balaban J connectivity index is 1.41. The van der Waals surface area contributed by atoms with Crippen molar-refractivity contribution in [2.45, 2.75) is 32.9 Å². The Hall–Kier alpha value is -3.63. The summed E-state index contributed by atoms with van der Waals surface area (Å²) in [6.07, 6.45) is 2.09. The number of hydrogen-bond donors (Lipinski definition) is 1. The lowest BCUT2D eigenvalue weighted by molar-refractivity contribution is -0.120. The van der Waals surface area contributed by atoms with Gasteiger partial charge in [-0.05, 0) is 66.4 Å². The van der Waals surface area contributed by atoms with Crippen LogP contribution in [0.1, 0.15) is 39.6 Å². The molecule has 4 aromatic rings. The number of aryl methyl sites for hydroxylation is 2. The molecule has 4 nitrogen and oxygen atoms in total. The van der Waals surface area contributed by atoms with Crippen molar-refractivity contribution in [3.63, 3.8) is 0 Å². The number of halogens is 1. The molecular formula is C29H27ClN2O2. The molecule has 0 aliphatic carbocycles. The van der Waals surface area contributed by atoms with Crippen LogP contribution >= 0.6 is 11.6 Å². The molecule has 3 aromatic carbocycles. The molecule has 0 aliphatic rings. The first-order chi connectivity index (χ1) is 16.5. The van der Waals surface area contributed by atoms with Gasteiger partial charge in [0.2, 0.25) is 5.91 Å². The highest BCUT2D eigenvalue weighted by atomic mass is 35.5. The summed E-state index contributed by atoms with van der Waals surface area (Å²) in [7, 11) is 0. The first kappa shape index (κ1) is 23.5. The van der Waals surface area contributed by atoms with Crippen LogP contribution in [0.3, 0.4) is 0 Å². The monoisotopic (exact) mass is 470 g/mol. The minimum Gasteiger partial charge on any atom is -0.489 e. The maximum absolute atomic E-state index is 13.0. The van der Waals surface area contributed by atoms with Crippen molar-refractivity contribution >= 4 is 17.5 Å². The number of ether oxygens (including phenoxy) is 1. The largest absolute Gasteiger partial charge is 0.489 e. The third-order valence-corrected chi connectivity index (χ3v) is 5.88. The number of pyridine rings is 1. The fourth-order valence-electron chi connectivity index (χ4n) is 3.80. The van der Waals surface area contributed by atoms with E-state index >= 15 is 0 Å². The predicted molar refractivity (Wildman–Crippen MR) is 136 cm³/mol. The van der Waals surface area contributed by atoms with Crippen LogP contribution in [0.4, 0.5) is 0 Å². The molecule has 1 unspecified atom stereocenters. The van der Waals surface area contributed by atoms with Crippen LogP contribution < -0.4 is 10.1 Å². The van der Waals surface area contributed by atoms with Gasteiger partial charge in [0.15, 0.2) is 0 Å². The zero-order chi connectivity index (χ0) is 23.9. The van der Waals surface area contributed by atoms with Crippen LogP contribution in [0.15, 0.2) is 91.1 Å². The van der Waals surface area contributed by atoms with Crippen molar-refractivity contribution in [3.8, 4) is 5.75 Å². The summed E-state index contributed by atoms with van der Waals surface area (Å²) in [5.41, 5.74) is 5.99. The van der Waals surface area contributed by atoms with Crippen LogP contribution in [-0.2, 0) is 17.8 Å². The van der Waals surface area contributed by atoms with Crippen LogP contribution in [0.5, 0.6) is 5.75 Å². The Morgan fingerprint density at radius 3 is 2.35 bits per heavy atom. The summed E-state index contributed by atoms with van der Waals surface area (Å²) in [6, 6.07) is 27.1. The van der Waals surface area contributed by atoms with Gasteiger partial charge in [-0.1, -0.05) is 66.2 Å². The van der Waals surface area contributed by atoms with Crippen molar-refractivity contribution < 1.29 is 9.53 Å². The van der Waals surface area contributed by atoms with Gasteiger partial charge in [-0.15, -0.1) is 0 Å². The van der Waals surface area contributed by atoms with Gasteiger partial charge in [0.1, 0.15) is 12.4 Å². The van der Waals surface area contributed by atoms with Crippen LogP contribution in [0.25, 0.3) is 0 Å². The smallest absolute Gasteiger partial charge is 0.225 e. The number of aromatic nitrogens is 1. The Labute approximate surface area is 205 Å². The van der Waals surface area contributed by atoms with E-state index in [1.807, 2.05) is 105 Å². The van der Waals surface area contributed by atoms with Gasteiger partial charge >= 0.3 is 0 Å². The van der Waals surface area contributed by atoms with E-state index in [0.717, 1.165) is 39.3 Å². The fraction of sp³-hybridized carbons (Fsp3) is 0.172. The summed E-state index contributed by atoms with van der Waals surface area (Å²) < 4.78 is 5.84. The standard InChI is InChI=1S/C29H27ClN2O2/c1-20-16-25(30)12-15-27(20)29(24-6-4-3-5-7-24)32-28(33)17-22-10-13-26(14-11-22)34-19-23-9-8-21(2)31-18-23/h3-16,18,29H,17,19H2,1-2H3,(H,32,33). The molecule has 0 aliphatic heterocycles. The van der Waals surface area contributed by atoms with Crippen LogP contribution in [-0.4, -0.2) is 10.9 Å². The second-order valence-corrected chi connectivity index (χ2v) is 8.77. The SMILES string of the molecule is Cc1ccc(COc2ccc(CC(=O)NC(c3ccccc3)c3ccc(Cl)cc3C)cc2)cn1. The van der Waals surface area contributed by atoms with E-state index in [-0.39, 0.29) is 18.4 Å². The Morgan fingerprint density at radius 2 is 1.68 bits per heavy atom. The Bertz CT molecular complexity index is 1240. The highest BCUT2D eigenvalue weighted by molar-refractivity contribution is 6.30. The van der Waals surface area contributed by atoms with E-state index < -0.39 is 0 Å². The van der Waals surface area contributed by atoms with E-state index in [9.17, 15) is 4.79 Å². The molecule has 0 spiro atoms. The van der Waals surface area contributed by atoms with E-state index in [4.69, 9.17) is 16.3 Å². The third-order valence-electron chi connectivity index (χ3n) is 5.65. The number of amides is 1. The molecule has 5 heteroatoms. The summed E-state index contributed by atoms with van der Waals surface area (Å²) >= 11 is 6.16. The van der Waals surface area contributed by atoms with E-state index in [2.05, 4.69) is 10.3 Å². The molecule has 4 rings (SSSR count). The molecule has 34 heavy (non-hydrogen) atoms. The van der Waals surface area contributed by atoms with Gasteiger partial charge in [0, 0.05) is 22.5 Å². The number of carbonyl (C=O) groups excluding carboxylic acids is 1. The van der Waals surface area contributed by atoms with Crippen LogP contribution in [0, 0.1) is 13.8 Å². The summed E-state index contributed by atoms with van der Waals surface area (Å²) in [6.45, 7) is 4.42. The summed E-state index contributed by atoms with van der Waals surface area (Å²) in [5, 5.41) is 3.88. The predicted octanol–water partition coefficient (Wildman–Crippen LogP) is 6.38. The lowest BCUT2D eigenvalue weighted by atomic mass is 9.94. The van der Waals surface area contributed by atoms with Gasteiger partial charge in [0.05, 0.1) is 12.5 Å². The lowest BCUT2D eigenvalue weighted by Crippen LogP contribution is -2.31. The van der Waals surface area contributed by atoms with Crippen LogP contribution in [0.2, 0.25) is 5.02 Å². The quantitative estimate of drug-likeness (QED) is 0.325. The molecule has 1 N–H and O–H groups in total. The number of nitrogens with one attached hydrogen (secondary N) is 1. The fourth-order valence-corrected chi connectivity index (χ4v) is 4.03. The Kier molecular flexibility index (Phi) is 7.61. The molecule has 0 fully saturated rings. The first-order valence-corrected chi connectivity index (χ1v) is 11.6. The molecule has 1 heterocycles. The normalized spacial score (nSPS) is 11.6. The van der Waals surface area contributed by atoms with Crippen molar-refractivity contribution in [1.82, 2.24) is 10.3 Å². The average Bonchev–Trinajstić information content (AvgIpc) is 2.84. The number of benzene rings is 3. The molecule has 0 saturated heterocycles. The molecule has 172 valence electrons. The maximum Gasteiger partial charge on any atom is 0.225 e. The number of rotatable bonds is 8. The molecule has 0 radical (unpaired) electrons. The second-order valence-electron chi connectivity index (χ2n) is 8.33.